The van der Waals surface area contributed by atoms with Crippen molar-refractivity contribution in [2.45, 2.75) is 18.9 Å². The lowest BCUT2D eigenvalue weighted by Gasteiger charge is -2.27. The summed E-state index contributed by atoms with van der Waals surface area (Å²) in [7, 11) is 1.60. The molecular weight excluding hydrogens is 312 g/mol. The first-order valence-corrected chi connectivity index (χ1v) is 7.16. The van der Waals surface area contributed by atoms with E-state index in [9.17, 15) is 4.39 Å². The Balaban J connectivity index is 2.35. The zero-order valence-electron chi connectivity index (χ0n) is 11.8. The largest absolute Gasteiger partial charge is 0.497 e. The van der Waals surface area contributed by atoms with Gasteiger partial charge in [-0.05, 0) is 48.7 Å². The van der Waals surface area contributed by atoms with E-state index in [2.05, 4.69) is 0 Å². The average Bonchev–Trinajstić information content (AvgIpc) is 2.42. The van der Waals surface area contributed by atoms with E-state index in [1.54, 1.807) is 14.0 Å². The first-order valence-electron chi connectivity index (χ1n) is 6.40. The van der Waals surface area contributed by atoms with Crippen LogP contribution in [-0.4, -0.2) is 7.11 Å². The van der Waals surface area contributed by atoms with Crippen molar-refractivity contribution in [2.75, 3.05) is 7.11 Å². The van der Waals surface area contributed by atoms with E-state index >= 15 is 0 Å². The SMILES string of the molecule is COc1cccc(CC(C)(N)c2cc(F)c(Cl)cc2Cl)c1. The van der Waals surface area contributed by atoms with Gasteiger partial charge in [0.25, 0.3) is 0 Å². The summed E-state index contributed by atoms with van der Waals surface area (Å²) < 4.78 is 18.9. The monoisotopic (exact) mass is 327 g/mol. The van der Waals surface area contributed by atoms with Gasteiger partial charge in [0.1, 0.15) is 11.6 Å². The van der Waals surface area contributed by atoms with Crippen molar-refractivity contribution in [3.63, 3.8) is 0 Å². The first-order chi connectivity index (χ1) is 9.83. The van der Waals surface area contributed by atoms with Gasteiger partial charge >= 0.3 is 0 Å². The molecule has 0 amide bonds. The van der Waals surface area contributed by atoms with Crippen molar-refractivity contribution < 1.29 is 9.13 Å². The summed E-state index contributed by atoms with van der Waals surface area (Å²) in [4.78, 5) is 0. The molecular formula is C16H16Cl2FNO. The van der Waals surface area contributed by atoms with Gasteiger partial charge in [-0.1, -0.05) is 35.3 Å². The van der Waals surface area contributed by atoms with Crippen molar-refractivity contribution in [1.82, 2.24) is 0 Å². The molecule has 0 aliphatic rings. The lowest BCUT2D eigenvalue weighted by Crippen LogP contribution is -2.36. The number of rotatable bonds is 4. The Morgan fingerprint density at radius 3 is 2.57 bits per heavy atom. The van der Waals surface area contributed by atoms with Gasteiger partial charge in [0.05, 0.1) is 12.1 Å². The summed E-state index contributed by atoms with van der Waals surface area (Å²) in [6, 6.07) is 10.2. The molecule has 0 radical (unpaired) electrons. The highest BCUT2D eigenvalue weighted by Gasteiger charge is 2.26. The third-order valence-electron chi connectivity index (χ3n) is 3.33. The lowest BCUT2D eigenvalue weighted by molar-refractivity contribution is 0.413. The summed E-state index contributed by atoms with van der Waals surface area (Å²) in [5.41, 5.74) is 7.02. The number of ether oxygens (including phenoxy) is 1. The number of nitrogens with two attached hydrogens (primary N) is 1. The van der Waals surface area contributed by atoms with E-state index in [0.29, 0.717) is 17.0 Å². The van der Waals surface area contributed by atoms with Gasteiger partial charge in [-0.3, -0.25) is 0 Å². The minimum Gasteiger partial charge on any atom is -0.497 e. The number of halogens is 3. The molecule has 2 nitrogen and oxygen atoms in total. The molecule has 0 bridgehead atoms. The van der Waals surface area contributed by atoms with E-state index < -0.39 is 11.4 Å². The van der Waals surface area contributed by atoms with Gasteiger partial charge in [-0.2, -0.15) is 0 Å². The van der Waals surface area contributed by atoms with Crippen LogP contribution in [0.25, 0.3) is 0 Å². The summed E-state index contributed by atoms with van der Waals surface area (Å²) in [5.74, 6) is 0.218. The second-order valence-corrected chi connectivity index (χ2v) is 6.01. The summed E-state index contributed by atoms with van der Waals surface area (Å²) in [6.07, 6.45) is 0.491. The van der Waals surface area contributed by atoms with Crippen LogP contribution in [0.2, 0.25) is 10.0 Å². The van der Waals surface area contributed by atoms with Crippen LogP contribution >= 0.6 is 23.2 Å². The molecule has 2 aromatic carbocycles. The van der Waals surface area contributed by atoms with Gasteiger partial charge in [-0.15, -0.1) is 0 Å². The van der Waals surface area contributed by atoms with Crippen LogP contribution < -0.4 is 10.5 Å². The Morgan fingerprint density at radius 2 is 1.90 bits per heavy atom. The third kappa shape index (κ3) is 3.67. The van der Waals surface area contributed by atoms with Crippen LogP contribution in [0.15, 0.2) is 36.4 Å². The molecule has 2 aromatic rings. The quantitative estimate of drug-likeness (QED) is 0.835. The smallest absolute Gasteiger partial charge is 0.142 e. The Hall–Kier alpha value is -1.29. The maximum absolute atomic E-state index is 13.7. The molecule has 5 heteroatoms. The molecule has 0 aromatic heterocycles. The van der Waals surface area contributed by atoms with E-state index in [-0.39, 0.29) is 5.02 Å². The lowest BCUT2D eigenvalue weighted by atomic mass is 9.86. The maximum Gasteiger partial charge on any atom is 0.142 e. The van der Waals surface area contributed by atoms with Crippen LogP contribution in [0.4, 0.5) is 4.39 Å². The standard InChI is InChI=1S/C16H16Cl2FNO/c1-16(20,9-10-4-3-5-11(6-10)21-2)12-7-15(19)14(18)8-13(12)17/h3-8H,9,20H2,1-2H3. The van der Waals surface area contributed by atoms with E-state index in [0.717, 1.165) is 11.3 Å². The molecule has 2 rings (SSSR count). The normalized spacial score (nSPS) is 13.8. The van der Waals surface area contributed by atoms with E-state index in [4.69, 9.17) is 33.7 Å². The number of methoxy groups -OCH3 is 1. The van der Waals surface area contributed by atoms with Crippen molar-refractivity contribution in [1.29, 1.82) is 0 Å². The molecule has 0 aliphatic heterocycles. The van der Waals surface area contributed by atoms with Crippen LogP contribution in [-0.2, 0) is 12.0 Å². The minimum atomic E-state index is -0.825. The fourth-order valence-electron chi connectivity index (χ4n) is 2.26. The number of hydrogen-bond donors (Lipinski definition) is 1. The van der Waals surface area contributed by atoms with Gasteiger partial charge in [0, 0.05) is 10.6 Å². The van der Waals surface area contributed by atoms with Crippen LogP contribution in [0, 0.1) is 5.82 Å². The second kappa shape index (κ2) is 6.22. The number of hydrogen-bond acceptors (Lipinski definition) is 2. The maximum atomic E-state index is 13.7. The predicted octanol–water partition coefficient (Wildman–Crippen LogP) is 4.56. The molecule has 112 valence electrons. The Kier molecular flexibility index (Phi) is 4.77. The Morgan fingerprint density at radius 1 is 1.19 bits per heavy atom. The van der Waals surface area contributed by atoms with Crippen molar-refractivity contribution in [2.24, 2.45) is 5.73 Å². The van der Waals surface area contributed by atoms with Crippen LogP contribution in [0.3, 0.4) is 0 Å². The van der Waals surface area contributed by atoms with Gasteiger partial charge in [0.15, 0.2) is 0 Å². The topological polar surface area (TPSA) is 35.2 Å². The molecule has 2 N–H and O–H groups in total. The summed E-state index contributed by atoms with van der Waals surface area (Å²) >= 11 is 11.9. The van der Waals surface area contributed by atoms with E-state index in [1.165, 1.54) is 12.1 Å². The highest BCUT2D eigenvalue weighted by Crippen LogP contribution is 2.33. The van der Waals surface area contributed by atoms with Gasteiger partial charge in [-0.25, -0.2) is 4.39 Å². The molecule has 1 atom stereocenters. The third-order valence-corrected chi connectivity index (χ3v) is 3.93. The fourth-order valence-corrected chi connectivity index (χ4v) is 2.86. The molecule has 0 aliphatic carbocycles. The van der Waals surface area contributed by atoms with Crippen molar-refractivity contribution in [3.8, 4) is 5.75 Å². The first kappa shape index (κ1) is 16.1. The molecule has 0 fully saturated rings. The van der Waals surface area contributed by atoms with Crippen molar-refractivity contribution in [3.05, 3.63) is 63.4 Å². The van der Waals surface area contributed by atoms with Gasteiger partial charge in [0.2, 0.25) is 0 Å². The second-order valence-electron chi connectivity index (χ2n) is 5.19. The van der Waals surface area contributed by atoms with E-state index in [1.807, 2.05) is 24.3 Å². The molecule has 0 saturated carbocycles. The molecule has 21 heavy (non-hydrogen) atoms. The van der Waals surface area contributed by atoms with Crippen LogP contribution in [0.1, 0.15) is 18.1 Å². The molecule has 1 unspecified atom stereocenters. The highest BCUT2D eigenvalue weighted by atomic mass is 35.5. The zero-order valence-corrected chi connectivity index (χ0v) is 13.3. The Bertz CT molecular complexity index is 659. The Labute approximate surface area is 133 Å². The molecule has 0 spiro atoms. The minimum absolute atomic E-state index is 0.0130. The highest BCUT2D eigenvalue weighted by molar-refractivity contribution is 6.35. The molecule has 0 heterocycles. The summed E-state index contributed by atoms with van der Waals surface area (Å²) in [5, 5.41) is 0.343. The zero-order chi connectivity index (χ0) is 15.6. The molecule has 0 saturated heterocycles. The van der Waals surface area contributed by atoms with Gasteiger partial charge < -0.3 is 10.5 Å². The average molecular weight is 328 g/mol. The van der Waals surface area contributed by atoms with Crippen molar-refractivity contribution >= 4 is 23.2 Å². The fraction of sp³-hybridized carbons (Fsp3) is 0.250. The summed E-state index contributed by atoms with van der Waals surface area (Å²) in [6.45, 7) is 1.81. The van der Waals surface area contributed by atoms with Crippen LogP contribution in [0.5, 0.6) is 5.75 Å². The predicted molar refractivity (Wildman–Crippen MR) is 84.7 cm³/mol. The number of benzene rings is 2.